The fourth-order valence-corrected chi connectivity index (χ4v) is 3.42. The first-order valence-corrected chi connectivity index (χ1v) is 6.74. The third-order valence-electron chi connectivity index (χ3n) is 4.64. The van der Waals surface area contributed by atoms with Crippen LogP contribution in [0.15, 0.2) is 0 Å². The van der Waals surface area contributed by atoms with Gasteiger partial charge in [0.15, 0.2) is 0 Å². The zero-order valence-electron chi connectivity index (χ0n) is 11.2. The Morgan fingerprint density at radius 2 is 2.35 bits per heavy atom. The molecule has 0 aromatic carbocycles. The lowest BCUT2D eigenvalue weighted by molar-refractivity contribution is -0.0594. The second-order valence-electron chi connectivity index (χ2n) is 5.59. The first-order chi connectivity index (χ1) is 8.23. The number of hydrogen-bond acceptors (Lipinski definition) is 4. The smallest absolute Gasteiger partial charge is 0.0509 e. The van der Waals surface area contributed by atoms with Crippen molar-refractivity contribution >= 4 is 0 Å². The fraction of sp³-hybridized carbons (Fsp3) is 1.00. The molecule has 4 heteroatoms. The van der Waals surface area contributed by atoms with Gasteiger partial charge in [-0.3, -0.25) is 4.90 Å². The highest BCUT2D eigenvalue weighted by Crippen LogP contribution is 2.35. The van der Waals surface area contributed by atoms with Crippen molar-refractivity contribution in [1.82, 2.24) is 4.90 Å². The number of hydrogen-bond donors (Lipinski definition) is 1. The maximum absolute atomic E-state index is 6.10. The number of rotatable bonds is 4. The summed E-state index contributed by atoms with van der Waals surface area (Å²) >= 11 is 0. The van der Waals surface area contributed by atoms with Crippen molar-refractivity contribution in [3.8, 4) is 0 Å². The predicted octanol–water partition coefficient (Wildman–Crippen LogP) is 0.709. The van der Waals surface area contributed by atoms with Gasteiger partial charge in [-0.2, -0.15) is 0 Å². The molecule has 0 amide bonds. The minimum atomic E-state index is 0.167. The van der Waals surface area contributed by atoms with E-state index in [0.717, 1.165) is 45.9 Å². The molecular formula is C13H26N2O2. The van der Waals surface area contributed by atoms with E-state index in [2.05, 4.69) is 11.8 Å². The Morgan fingerprint density at radius 1 is 1.53 bits per heavy atom. The van der Waals surface area contributed by atoms with Crippen molar-refractivity contribution in [1.29, 1.82) is 0 Å². The largest absolute Gasteiger partial charge is 0.384 e. The Hall–Kier alpha value is -0.160. The van der Waals surface area contributed by atoms with E-state index in [1.807, 2.05) is 0 Å². The summed E-state index contributed by atoms with van der Waals surface area (Å²) < 4.78 is 10.8. The SMILES string of the molecule is COCC1CCN(C2(CN)CCOCC2C)C1. The Bertz CT molecular complexity index is 250. The lowest BCUT2D eigenvalue weighted by Crippen LogP contribution is -2.60. The summed E-state index contributed by atoms with van der Waals surface area (Å²) in [5.74, 6) is 1.21. The zero-order valence-corrected chi connectivity index (χ0v) is 11.2. The predicted molar refractivity (Wildman–Crippen MR) is 67.9 cm³/mol. The summed E-state index contributed by atoms with van der Waals surface area (Å²) in [6, 6.07) is 0. The van der Waals surface area contributed by atoms with Gasteiger partial charge in [-0.05, 0) is 31.2 Å². The zero-order chi connectivity index (χ0) is 12.3. The van der Waals surface area contributed by atoms with E-state index in [9.17, 15) is 0 Å². The molecule has 4 nitrogen and oxygen atoms in total. The molecule has 2 rings (SSSR count). The average Bonchev–Trinajstić information content (AvgIpc) is 2.80. The van der Waals surface area contributed by atoms with E-state index in [1.165, 1.54) is 6.42 Å². The first-order valence-electron chi connectivity index (χ1n) is 6.74. The van der Waals surface area contributed by atoms with E-state index < -0.39 is 0 Å². The molecule has 0 aliphatic carbocycles. The Kier molecular flexibility index (Phi) is 4.42. The fourth-order valence-electron chi connectivity index (χ4n) is 3.42. The van der Waals surface area contributed by atoms with Crippen LogP contribution < -0.4 is 5.73 Å². The molecule has 3 unspecified atom stereocenters. The number of nitrogens with zero attached hydrogens (tertiary/aromatic N) is 1. The third kappa shape index (κ3) is 2.50. The molecule has 0 saturated carbocycles. The van der Waals surface area contributed by atoms with E-state index in [-0.39, 0.29) is 5.54 Å². The van der Waals surface area contributed by atoms with Crippen molar-refractivity contribution in [2.75, 3.05) is 46.6 Å². The van der Waals surface area contributed by atoms with Crippen molar-refractivity contribution < 1.29 is 9.47 Å². The van der Waals surface area contributed by atoms with Gasteiger partial charge in [0.2, 0.25) is 0 Å². The summed E-state index contributed by atoms with van der Waals surface area (Å²) in [6.45, 7) is 7.90. The van der Waals surface area contributed by atoms with Crippen LogP contribution in [0.1, 0.15) is 19.8 Å². The maximum atomic E-state index is 6.10. The van der Waals surface area contributed by atoms with Crippen LogP contribution in [0, 0.1) is 11.8 Å². The molecular weight excluding hydrogens is 216 g/mol. The summed E-state index contributed by atoms with van der Waals surface area (Å²) in [5.41, 5.74) is 6.27. The number of likely N-dealkylation sites (tertiary alicyclic amines) is 1. The van der Waals surface area contributed by atoms with Gasteiger partial charge in [-0.1, -0.05) is 6.92 Å². The first kappa shape index (κ1) is 13.3. The summed E-state index contributed by atoms with van der Waals surface area (Å²) in [4.78, 5) is 2.60. The molecule has 100 valence electrons. The van der Waals surface area contributed by atoms with Crippen LogP contribution in [0.3, 0.4) is 0 Å². The highest BCUT2D eigenvalue weighted by Gasteiger charge is 2.45. The summed E-state index contributed by atoms with van der Waals surface area (Å²) in [7, 11) is 1.79. The van der Waals surface area contributed by atoms with Crippen LogP contribution >= 0.6 is 0 Å². The van der Waals surface area contributed by atoms with Crippen molar-refractivity contribution in [3.05, 3.63) is 0 Å². The molecule has 0 bridgehead atoms. The molecule has 17 heavy (non-hydrogen) atoms. The molecule has 0 aromatic heterocycles. The number of methoxy groups -OCH3 is 1. The van der Waals surface area contributed by atoms with E-state index in [1.54, 1.807) is 7.11 Å². The normalized spacial score (nSPS) is 39.7. The van der Waals surface area contributed by atoms with E-state index in [4.69, 9.17) is 15.2 Å². The third-order valence-corrected chi connectivity index (χ3v) is 4.64. The number of nitrogens with two attached hydrogens (primary N) is 1. The van der Waals surface area contributed by atoms with Crippen LogP contribution in [-0.4, -0.2) is 57.0 Å². The molecule has 2 aliphatic rings. The second-order valence-corrected chi connectivity index (χ2v) is 5.59. The lowest BCUT2D eigenvalue weighted by Gasteiger charge is -2.48. The standard InChI is InChI=1S/C13H26N2O2/c1-11-8-17-6-4-13(11,10-14)15-5-3-12(7-15)9-16-2/h11-12H,3-10,14H2,1-2H3. The van der Waals surface area contributed by atoms with Gasteiger partial charge in [-0.25, -0.2) is 0 Å². The minimum absolute atomic E-state index is 0.167. The highest BCUT2D eigenvalue weighted by atomic mass is 16.5. The van der Waals surface area contributed by atoms with Crippen molar-refractivity contribution in [2.45, 2.75) is 25.3 Å². The molecule has 2 heterocycles. The van der Waals surface area contributed by atoms with Gasteiger partial charge in [-0.15, -0.1) is 0 Å². The van der Waals surface area contributed by atoms with Crippen molar-refractivity contribution in [3.63, 3.8) is 0 Å². The number of ether oxygens (including phenoxy) is 2. The van der Waals surface area contributed by atoms with Gasteiger partial charge in [0.05, 0.1) is 13.2 Å². The molecule has 0 aromatic rings. The highest BCUT2D eigenvalue weighted by molar-refractivity contribution is 5.00. The average molecular weight is 242 g/mol. The van der Waals surface area contributed by atoms with Crippen LogP contribution in [0.2, 0.25) is 0 Å². The monoisotopic (exact) mass is 242 g/mol. The van der Waals surface area contributed by atoms with Gasteiger partial charge < -0.3 is 15.2 Å². The second kappa shape index (κ2) is 5.65. The molecule has 2 saturated heterocycles. The molecule has 0 spiro atoms. The Labute approximate surface area is 104 Å². The summed E-state index contributed by atoms with van der Waals surface area (Å²) in [5, 5.41) is 0. The van der Waals surface area contributed by atoms with Crippen molar-refractivity contribution in [2.24, 2.45) is 17.6 Å². The van der Waals surface area contributed by atoms with E-state index in [0.29, 0.717) is 11.8 Å². The van der Waals surface area contributed by atoms with Gasteiger partial charge in [0.1, 0.15) is 0 Å². The van der Waals surface area contributed by atoms with Gasteiger partial charge in [0.25, 0.3) is 0 Å². The molecule has 2 fully saturated rings. The van der Waals surface area contributed by atoms with E-state index >= 15 is 0 Å². The summed E-state index contributed by atoms with van der Waals surface area (Å²) in [6.07, 6.45) is 2.31. The lowest BCUT2D eigenvalue weighted by atomic mass is 9.79. The molecule has 3 atom stereocenters. The van der Waals surface area contributed by atoms with Gasteiger partial charge >= 0.3 is 0 Å². The van der Waals surface area contributed by atoms with Crippen LogP contribution in [0.4, 0.5) is 0 Å². The quantitative estimate of drug-likeness (QED) is 0.789. The van der Waals surface area contributed by atoms with Crippen LogP contribution in [0.25, 0.3) is 0 Å². The molecule has 2 aliphatic heterocycles. The maximum Gasteiger partial charge on any atom is 0.0509 e. The minimum Gasteiger partial charge on any atom is -0.384 e. The topological polar surface area (TPSA) is 47.7 Å². The van der Waals surface area contributed by atoms with Crippen LogP contribution in [-0.2, 0) is 9.47 Å². The molecule has 2 N–H and O–H groups in total. The Balaban J connectivity index is 2.03. The van der Waals surface area contributed by atoms with Crippen LogP contribution in [0.5, 0.6) is 0 Å². The molecule has 0 radical (unpaired) electrons. The van der Waals surface area contributed by atoms with Gasteiger partial charge in [0, 0.05) is 32.3 Å². The Morgan fingerprint density at radius 3 is 3.00 bits per heavy atom.